The van der Waals surface area contributed by atoms with Crippen molar-refractivity contribution in [2.24, 2.45) is 0 Å². The molecule has 2 aromatic rings. The minimum atomic E-state index is -4.48. The van der Waals surface area contributed by atoms with Gasteiger partial charge >= 0.3 is 6.18 Å². The van der Waals surface area contributed by atoms with E-state index in [1.54, 1.807) is 13.0 Å². The number of hydrogen-bond donors (Lipinski definition) is 2. The van der Waals surface area contributed by atoms with E-state index in [-0.39, 0.29) is 17.9 Å². The van der Waals surface area contributed by atoms with Gasteiger partial charge in [-0.3, -0.25) is 9.59 Å². The highest BCUT2D eigenvalue weighted by atomic mass is 19.4. The molecule has 0 atom stereocenters. The number of alkyl halides is 3. The third-order valence-electron chi connectivity index (χ3n) is 3.98. The zero-order chi connectivity index (χ0) is 20.0. The monoisotopic (exact) mass is 378 g/mol. The quantitative estimate of drug-likeness (QED) is 0.793. The Labute approximate surface area is 155 Å². The lowest BCUT2D eigenvalue weighted by Crippen LogP contribution is -2.33. The molecule has 0 fully saturated rings. The second kappa shape index (κ2) is 8.70. The molecule has 0 bridgehead atoms. The molecule has 0 aliphatic rings. The van der Waals surface area contributed by atoms with E-state index in [1.165, 1.54) is 12.1 Å². The van der Waals surface area contributed by atoms with Gasteiger partial charge in [0.1, 0.15) is 6.54 Å². The Kier molecular flexibility index (Phi) is 6.60. The molecule has 0 aliphatic carbocycles. The van der Waals surface area contributed by atoms with Crippen molar-refractivity contribution >= 4 is 17.5 Å². The molecule has 0 aromatic heterocycles. The number of rotatable bonds is 6. The van der Waals surface area contributed by atoms with Crippen molar-refractivity contribution < 1.29 is 22.8 Å². The Morgan fingerprint density at radius 1 is 1.00 bits per heavy atom. The molecule has 0 aliphatic heterocycles. The second-order valence-corrected chi connectivity index (χ2v) is 6.36. The summed E-state index contributed by atoms with van der Waals surface area (Å²) in [5.74, 6) is -1.07. The van der Waals surface area contributed by atoms with Crippen LogP contribution in [0.1, 0.15) is 33.5 Å². The van der Waals surface area contributed by atoms with Crippen LogP contribution in [0.2, 0.25) is 0 Å². The number of anilines is 1. The van der Waals surface area contributed by atoms with E-state index >= 15 is 0 Å². The van der Waals surface area contributed by atoms with Crippen LogP contribution in [0.25, 0.3) is 0 Å². The first-order valence-electron chi connectivity index (χ1n) is 8.45. The minimum Gasteiger partial charge on any atom is -0.343 e. The average Bonchev–Trinajstić information content (AvgIpc) is 2.60. The van der Waals surface area contributed by atoms with Gasteiger partial charge in [-0.1, -0.05) is 35.9 Å². The van der Waals surface area contributed by atoms with E-state index in [0.29, 0.717) is 17.7 Å². The maximum atomic E-state index is 12.2. The van der Waals surface area contributed by atoms with Crippen LogP contribution in [0.4, 0.5) is 18.9 Å². The van der Waals surface area contributed by atoms with Crippen molar-refractivity contribution in [1.82, 2.24) is 5.32 Å². The number of halogens is 3. The molecule has 0 spiro atoms. The van der Waals surface area contributed by atoms with E-state index in [9.17, 15) is 22.8 Å². The molecule has 144 valence electrons. The van der Waals surface area contributed by atoms with Gasteiger partial charge in [0.25, 0.3) is 5.91 Å². The number of carbonyl (C=O) groups is 2. The van der Waals surface area contributed by atoms with Crippen LogP contribution < -0.4 is 10.6 Å². The van der Waals surface area contributed by atoms with Crippen molar-refractivity contribution in [1.29, 1.82) is 0 Å². The van der Waals surface area contributed by atoms with Gasteiger partial charge in [-0.2, -0.15) is 13.2 Å². The van der Waals surface area contributed by atoms with Gasteiger partial charge in [0, 0.05) is 17.7 Å². The van der Waals surface area contributed by atoms with E-state index in [1.807, 2.05) is 36.5 Å². The summed E-state index contributed by atoms with van der Waals surface area (Å²) in [5, 5.41) is 4.53. The molecule has 2 N–H and O–H groups in total. The number of amides is 2. The molecule has 0 radical (unpaired) electrons. The third kappa shape index (κ3) is 6.77. The number of nitrogens with one attached hydrogen (secondary N) is 2. The van der Waals surface area contributed by atoms with Crippen molar-refractivity contribution in [2.75, 3.05) is 11.9 Å². The molecule has 4 nitrogen and oxygen atoms in total. The Morgan fingerprint density at radius 2 is 1.67 bits per heavy atom. The molecule has 2 amide bonds. The highest BCUT2D eigenvalue weighted by molar-refractivity contribution is 5.97. The molecule has 2 rings (SSSR count). The lowest BCUT2D eigenvalue weighted by molar-refractivity contribution is -0.123. The fraction of sp³-hybridized carbons (Fsp3) is 0.300. The lowest BCUT2D eigenvalue weighted by Gasteiger charge is -2.12. The van der Waals surface area contributed by atoms with E-state index in [4.69, 9.17) is 0 Å². The van der Waals surface area contributed by atoms with Crippen LogP contribution in [-0.2, 0) is 11.2 Å². The molecular weight excluding hydrogens is 357 g/mol. The number of benzene rings is 2. The Morgan fingerprint density at radius 3 is 2.30 bits per heavy atom. The topological polar surface area (TPSA) is 58.2 Å². The summed E-state index contributed by atoms with van der Waals surface area (Å²) in [4.78, 5) is 24.0. The van der Waals surface area contributed by atoms with Gasteiger partial charge in [-0.15, -0.1) is 0 Å². The molecule has 0 unspecified atom stereocenters. The van der Waals surface area contributed by atoms with E-state index < -0.39 is 18.6 Å². The maximum Gasteiger partial charge on any atom is 0.405 e. The van der Waals surface area contributed by atoms with Crippen LogP contribution >= 0.6 is 0 Å². The number of carbonyl (C=O) groups excluding carboxylic acids is 2. The summed E-state index contributed by atoms with van der Waals surface area (Å²) in [6, 6.07) is 12.2. The van der Waals surface area contributed by atoms with Gasteiger partial charge < -0.3 is 10.6 Å². The first-order chi connectivity index (χ1) is 12.6. The minimum absolute atomic E-state index is 0.0543. The van der Waals surface area contributed by atoms with Gasteiger partial charge in [0.05, 0.1) is 0 Å². The van der Waals surface area contributed by atoms with E-state index in [2.05, 4.69) is 5.32 Å². The van der Waals surface area contributed by atoms with Gasteiger partial charge in [-0.05, 0) is 43.5 Å². The Balaban J connectivity index is 1.97. The first-order valence-corrected chi connectivity index (χ1v) is 8.45. The largest absolute Gasteiger partial charge is 0.405 e. The van der Waals surface area contributed by atoms with Crippen molar-refractivity contribution in [3.63, 3.8) is 0 Å². The molecule has 0 saturated carbocycles. The summed E-state index contributed by atoms with van der Waals surface area (Å²) in [7, 11) is 0. The fourth-order valence-corrected chi connectivity index (χ4v) is 2.41. The van der Waals surface area contributed by atoms with E-state index in [0.717, 1.165) is 11.1 Å². The van der Waals surface area contributed by atoms with Gasteiger partial charge in [0.2, 0.25) is 5.91 Å². The summed E-state index contributed by atoms with van der Waals surface area (Å²) in [6.07, 6.45) is -3.66. The summed E-state index contributed by atoms with van der Waals surface area (Å²) < 4.78 is 36.7. The maximum absolute atomic E-state index is 12.2. The highest BCUT2D eigenvalue weighted by Crippen LogP contribution is 2.18. The zero-order valence-corrected chi connectivity index (χ0v) is 15.1. The van der Waals surface area contributed by atoms with Crippen molar-refractivity contribution in [3.8, 4) is 0 Å². The Hall–Kier alpha value is -2.83. The average molecular weight is 378 g/mol. The predicted octanol–water partition coefficient (Wildman–Crippen LogP) is 4.17. The van der Waals surface area contributed by atoms with Crippen LogP contribution in [0.3, 0.4) is 0 Å². The summed E-state index contributed by atoms with van der Waals surface area (Å²) >= 11 is 0. The fourth-order valence-electron chi connectivity index (χ4n) is 2.41. The van der Waals surface area contributed by atoms with Gasteiger partial charge in [0.15, 0.2) is 0 Å². The SMILES string of the molecule is Cc1ccc(CCC(=O)Nc2cc(C(=O)NCC(F)(F)F)ccc2C)cc1. The molecule has 7 heteroatoms. The summed E-state index contributed by atoms with van der Waals surface area (Å²) in [5.41, 5.74) is 3.35. The van der Waals surface area contributed by atoms with Crippen molar-refractivity contribution in [3.05, 3.63) is 64.7 Å². The zero-order valence-electron chi connectivity index (χ0n) is 15.1. The predicted molar refractivity (Wildman–Crippen MR) is 97.7 cm³/mol. The molecule has 2 aromatic carbocycles. The van der Waals surface area contributed by atoms with Crippen LogP contribution in [0, 0.1) is 13.8 Å². The second-order valence-electron chi connectivity index (χ2n) is 6.36. The first kappa shape index (κ1) is 20.5. The molecular formula is C20H21F3N2O2. The molecule has 0 heterocycles. The smallest absolute Gasteiger partial charge is 0.343 e. The number of hydrogen-bond acceptors (Lipinski definition) is 2. The Bertz CT molecular complexity index is 815. The molecule has 27 heavy (non-hydrogen) atoms. The lowest BCUT2D eigenvalue weighted by atomic mass is 10.1. The standard InChI is InChI=1S/C20H21F3N2O2/c1-13-3-6-15(7-4-13)8-10-18(26)25-17-11-16(9-5-14(17)2)19(27)24-12-20(21,22)23/h3-7,9,11H,8,10,12H2,1-2H3,(H,24,27)(H,25,26). The third-order valence-corrected chi connectivity index (χ3v) is 3.98. The van der Waals surface area contributed by atoms with Gasteiger partial charge in [-0.25, -0.2) is 0 Å². The number of aryl methyl sites for hydroxylation is 3. The van der Waals surface area contributed by atoms with Crippen LogP contribution in [0.5, 0.6) is 0 Å². The van der Waals surface area contributed by atoms with Crippen molar-refractivity contribution in [2.45, 2.75) is 32.9 Å². The highest BCUT2D eigenvalue weighted by Gasteiger charge is 2.28. The normalized spacial score (nSPS) is 11.1. The van der Waals surface area contributed by atoms with Crippen LogP contribution in [0.15, 0.2) is 42.5 Å². The molecule has 0 saturated heterocycles. The summed E-state index contributed by atoms with van der Waals surface area (Å²) in [6.45, 7) is 2.32. The van der Waals surface area contributed by atoms with Crippen LogP contribution in [-0.4, -0.2) is 24.5 Å².